The highest BCUT2D eigenvalue weighted by Crippen LogP contribution is 2.14. The SMILES string of the molecule is CN[C@@H](CCCCN)C(=O)N[C@@H](CC(=O)O)C(=O)N[C@@H](CNC(=O)CN(CC(=O)O)CC(=O)O)C(=O)N[C@@H](CCCCNC(=O)COCCOCCNC(=O)CCCCCCCCCCCCCCCc1nnn[nH]1)C(N)=O. The molecule has 1 heterocycles. The van der Waals surface area contributed by atoms with Crippen LogP contribution in [0.15, 0.2) is 0 Å². The highest BCUT2D eigenvalue weighted by Gasteiger charge is 2.32. The second-order valence-electron chi connectivity index (χ2n) is 18.9. The molecular formula is C49H88N14O15. The maximum absolute atomic E-state index is 13.6. The molecule has 0 bridgehead atoms. The van der Waals surface area contributed by atoms with Crippen LogP contribution in [-0.4, -0.2) is 204 Å². The lowest BCUT2D eigenvalue weighted by Crippen LogP contribution is -2.60. The average Bonchev–Trinajstić information content (AvgIpc) is 3.91. The van der Waals surface area contributed by atoms with Crippen molar-refractivity contribution in [3.8, 4) is 0 Å². The van der Waals surface area contributed by atoms with E-state index in [-0.39, 0.29) is 51.7 Å². The third-order valence-corrected chi connectivity index (χ3v) is 12.1. The summed E-state index contributed by atoms with van der Waals surface area (Å²) in [7, 11) is 1.49. The fourth-order valence-corrected chi connectivity index (χ4v) is 7.92. The van der Waals surface area contributed by atoms with E-state index in [9.17, 15) is 53.1 Å². The second kappa shape index (κ2) is 44.5. The number of primary amides is 1. The van der Waals surface area contributed by atoms with E-state index in [1.165, 1.54) is 64.8 Å². The number of rotatable bonds is 51. The number of H-pyrrole nitrogens is 1. The average molecular weight is 1110 g/mol. The highest BCUT2D eigenvalue weighted by atomic mass is 16.5. The van der Waals surface area contributed by atoms with Crippen LogP contribution in [0.4, 0.5) is 0 Å². The topological polar surface area (TPSA) is 444 Å². The van der Waals surface area contributed by atoms with Gasteiger partial charge >= 0.3 is 17.9 Å². The number of ether oxygens (including phenoxy) is 2. The Morgan fingerprint density at radius 3 is 1.68 bits per heavy atom. The lowest BCUT2D eigenvalue weighted by molar-refractivity contribution is -0.143. The van der Waals surface area contributed by atoms with Crippen molar-refractivity contribution in [1.82, 2.24) is 62.7 Å². The minimum Gasteiger partial charge on any atom is -0.481 e. The molecule has 4 atom stereocenters. The summed E-state index contributed by atoms with van der Waals surface area (Å²) in [5.74, 6) is -8.83. The predicted molar refractivity (Wildman–Crippen MR) is 282 cm³/mol. The van der Waals surface area contributed by atoms with Crippen LogP contribution in [0.25, 0.3) is 0 Å². The molecule has 29 heteroatoms. The van der Waals surface area contributed by atoms with E-state index < -0.39 is 110 Å². The van der Waals surface area contributed by atoms with Crippen molar-refractivity contribution in [2.45, 2.75) is 165 Å². The molecule has 0 fully saturated rings. The fourth-order valence-electron chi connectivity index (χ4n) is 7.92. The van der Waals surface area contributed by atoms with E-state index in [1.54, 1.807) is 0 Å². The lowest BCUT2D eigenvalue weighted by atomic mass is 10.0. The van der Waals surface area contributed by atoms with Gasteiger partial charge in [0, 0.05) is 32.5 Å². The zero-order valence-corrected chi connectivity index (χ0v) is 45.3. The number of amides is 7. The molecule has 7 amide bonds. The Kier molecular flexibility index (Phi) is 39.7. The number of nitrogens with one attached hydrogen (secondary N) is 8. The number of carbonyl (C=O) groups excluding carboxylic acids is 7. The summed E-state index contributed by atoms with van der Waals surface area (Å²) < 4.78 is 10.8. The van der Waals surface area contributed by atoms with Crippen LogP contribution in [0.2, 0.25) is 0 Å². The monoisotopic (exact) mass is 1110 g/mol. The summed E-state index contributed by atoms with van der Waals surface area (Å²) in [6, 6.07) is -5.65. The number of hydrogen-bond acceptors (Lipinski definition) is 18. The number of aryl methyl sites for hydroxylation is 1. The van der Waals surface area contributed by atoms with Crippen molar-refractivity contribution < 1.29 is 72.7 Å². The van der Waals surface area contributed by atoms with Gasteiger partial charge in [-0.05, 0) is 69.0 Å². The van der Waals surface area contributed by atoms with Crippen molar-refractivity contribution >= 4 is 59.3 Å². The molecule has 1 aromatic heterocycles. The largest absolute Gasteiger partial charge is 0.481 e. The molecule has 0 saturated heterocycles. The van der Waals surface area contributed by atoms with Crippen LogP contribution >= 0.6 is 0 Å². The number of hydrogen-bond donors (Lipinski definition) is 13. The van der Waals surface area contributed by atoms with E-state index in [2.05, 4.69) is 57.8 Å². The number of aromatic amines is 1. The summed E-state index contributed by atoms with van der Waals surface area (Å²) in [6.07, 6.45) is 17.7. The van der Waals surface area contributed by atoms with Gasteiger partial charge in [-0.3, -0.25) is 52.8 Å². The molecule has 0 aromatic carbocycles. The molecular weight excluding hydrogens is 1020 g/mol. The molecule has 0 spiro atoms. The molecule has 0 unspecified atom stereocenters. The maximum Gasteiger partial charge on any atom is 0.317 e. The summed E-state index contributed by atoms with van der Waals surface area (Å²) in [6.45, 7) is -1.89. The first-order chi connectivity index (χ1) is 37.4. The third-order valence-electron chi connectivity index (χ3n) is 12.1. The molecule has 1 aromatic rings. The van der Waals surface area contributed by atoms with Crippen LogP contribution in [0.1, 0.15) is 141 Å². The van der Waals surface area contributed by atoms with Crippen LogP contribution < -0.4 is 48.7 Å². The van der Waals surface area contributed by atoms with Crippen molar-refractivity contribution in [2.75, 3.05) is 79.3 Å². The van der Waals surface area contributed by atoms with E-state index in [4.69, 9.17) is 31.2 Å². The number of unbranched alkanes of at least 4 members (excludes halogenated alkanes) is 14. The predicted octanol–water partition coefficient (Wildman–Crippen LogP) is -1.64. The van der Waals surface area contributed by atoms with Gasteiger partial charge in [-0.15, -0.1) is 5.10 Å². The van der Waals surface area contributed by atoms with Gasteiger partial charge in [0.15, 0.2) is 0 Å². The minimum absolute atomic E-state index is 0.0193. The standard InChI is InChI=1S/C49H88N14O15/c1-52-36(20-15-17-23-50)47(74)57-37(29-43(67)68)48(75)58-38(30-55-41(65)31-63(32-44(69)70)33-45(71)72)49(76)56-35(46(51)73)19-16-18-24-53-42(66)34-78-28-27-77-26-25-54-40(64)22-14-12-10-8-6-4-2-3-5-7-9-11-13-21-39-59-61-62-60-39/h35-38,52H,2-34,50H2,1H3,(H2,51,73)(H,53,66)(H,54,64)(H,55,65)(H,56,76)(H,57,74)(H,58,75)(H,67,68)(H,69,70)(H,71,72)(H,59,60,61,62)/t35-,36-,37-,38-/m0/s1. The molecule has 0 aliphatic carbocycles. The minimum atomic E-state index is -1.74. The Bertz CT molecular complexity index is 1900. The second-order valence-corrected chi connectivity index (χ2v) is 18.9. The Balaban J connectivity index is 2.45. The number of aliphatic carboxylic acids is 3. The summed E-state index contributed by atoms with van der Waals surface area (Å²) in [4.78, 5) is 125. The number of aromatic nitrogens is 4. The molecule has 78 heavy (non-hydrogen) atoms. The number of tetrazole rings is 1. The fraction of sp³-hybridized carbons (Fsp3) is 0.776. The zero-order chi connectivity index (χ0) is 57.8. The first-order valence-corrected chi connectivity index (χ1v) is 27.1. The van der Waals surface area contributed by atoms with Crippen molar-refractivity contribution in [3.63, 3.8) is 0 Å². The van der Waals surface area contributed by atoms with E-state index >= 15 is 0 Å². The molecule has 1 rings (SSSR count). The molecule has 0 saturated carbocycles. The summed E-state index contributed by atoms with van der Waals surface area (Å²) in [5.41, 5.74) is 11.1. The van der Waals surface area contributed by atoms with Gasteiger partial charge in [-0.25, -0.2) is 5.10 Å². The van der Waals surface area contributed by atoms with Gasteiger partial charge in [-0.1, -0.05) is 77.0 Å². The smallest absolute Gasteiger partial charge is 0.317 e. The van der Waals surface area contributed by atoms with E-state index in [1.807, 2.05) is 0 Å². The van der Waals surface area contributed by atoms with Crippen molar-refractivity contribution in [3.05, 3.63) is 5.82 Å². The van der Waals surface area contributed by atoms with E-state index in [0.717, 1.165) is 42.8 Å². The summed E-state index contributed by atoms with van der Waals surface area (Å²) >= 11 is 0. The number of carboxylic acids is 3. The first-order valence-electron chi connectivity index (χ1n) is 27.1. The third kappa shape index (κ3) is 37.4. The van der Waals surface area contributed by atoms with Gasteiger partial charge < -0.3 is 73.5 Å². The van der Waals surface area contributed by atoms with Crippen molar-refractivity contribution in [2.24, 2.45) is 11.5 Å². The van der Waals surface area contributed by atoms with Gasteiger partial charge in [0.1, 0.15) is 30.6 Å². The molecule has 0 aliphatic heterocycles. The molecule has 29 nitrogen and oxygen atoms in total. The molecule has 15 N–H and O–H groups in total. The van der Waals surface area contributed by atoms with Crippen LogP contribution in [-0.2, 0) is 63.8 Å². The molecule has 0 radical (unpaired) electrons. The lowest BCUT2D eigenvalue weighted by Gasteiger charge is -2.26. The first kappa shape index (κ1) is 69.6. The Morgan fingerprint density at radius 1 is 0.564 bits per heavy atom. The van der Waals surface area contributed by atoms with Crippen LogP contribution in [0.5, 0.6) is 0 Å². The number of nitrogens with zero attached hydrogens (tertiary/aromatic N) is 4. The number of nitrogens with two attached hydrogens (primary N) is 2. The Hall–Kier alpha value is -6.43. The van der Waals surface area contributed by atoms with Gasteiger partial charge in [0.2, 0.25) is 41.4 Å². The number of carboxylic acid groups (broad SMARTS) is 3. The number of likely N-dealkylation sites (N-methyl/N-ethyl adjacent to an activating group) is 1. The highest BCUT2D eigenvalue weighted by molar-refractivity contribution is 5.96. The zero-order valence-electron chi connectivity index (χ0n) is 45.3. The quantitative estimate of drug-likeness (QED) is 0.0325. The summed E-state index contributed by atoms with van der Waals surface area (Å²) in [5, 5.41) is 59.3. The van der Waals surface area contributed by atoms with E-state index in [0.29, 0.717) is 45.2 Å². The van der Waals surface area contributed by atoms with Crippen molar-refractivity contribution in [1.29, 1.82) is 0 Å². The normalized spacial score (nSPS) is 12.7. The number of carbonyl (C=O) groups is 10. The maximum atomic E-state index is 13.6. The Morgan fingerprint density at radius 2 is 1.10 bits per heavy atom. The molecule has 444 valence electrons. The Labute approximate surface area is 455 Å². The van der Waals surface area contributed by atoms with Crippen LogP contribution in [0, 0.1) is 0 Å². The van der Waals surface area contributed by atoms with Gasteiger partial charge in [-0.2, -0.15) is 0 Å². The molecule has 0 aliphatic rings. The van der Waals surface area contributed by atoms with Crippen LogP contribution in [0.3, 0.4) is 0 Å². The van der Waals surface area contributed by atoms with Gasteiger partial charge in [0.25, 0.3) is 0 Å². The van der Waals surface area contributed by atoms with Gasteiger partial charge in [0.05, 0.1) is 51.9 Å².